The van der Waals surface area contributed by atoms with Crippen molar-refractivity contribution in [1.82, 2.24) is 20.1 Å². The van der Waals surface area contributed by atoms with Crippen molar-refractivity contribution in [3.05, 3.63) is 78.1 Å². The summed E-state index contributed by atoms with van der Waals surface area (Å²) >= 11 is 1.45. The van der Waals surface area contributed by atoms with Gasteiger partial charge in [-0.25, -0.2) is 0 Å². The van der Waals surface area contributed by atoms with Crippen molar-refractivity contribution in [3.8, 4) is 0 Å². The molecule has 6 heteroatoms. The average Bonchev–Trinajstić information content (AvgIpc) is 3.49. The Bertz CT molecular complexity index is 882. The Kier molecular flexibility index (Phi) is 5.48. The Morgan fingerprint density at radius 1 is 1.11 bits per heavy atom. The average molecular weight is 393 g/mol. The molecule has 0 atom stereocenters. The first-order chi connectivity index (χ1) is 13.7. The number of aromatic nitrogens is 3. The highest BCUT2D eigenvalue weighted by molar-refractivity contribution is 7.99. The first-order valence-corrected chi connectivity index (χ1v) is 10.6. The van der Waals surface area contributed by atoms with Gasteiger partial charge in [-0.2, -0.15) is 0 Å². The fraction of sp³-hybridized carbons (Fsp3) is 0.318. The monoisotopic (exact) mass is 392 g/mol. The molecule has 1 aliphatic carbocycles. The molecule has 4 rings (SSSR count). The fourth-order valence-corrected chi connectivity index (χ4v) is 4.19. The molecular formula is C22H24N4OS. The number of nitrogens with zero attached hydrogens (tertiary/aromatic N) is 3. The van der Waals surface area contributed by atoms with Crippen LogP contribution in [0.4, 0.5) is 0 Å². The van der Waals surface area contributed by atoms with Crippen LogP contribution in [0.3, 0.4) is 0 Å². The molecule has 0 bridgehead atoms. The van der Waals surface area contributed by atoms with Gasteiger partial charge in [0.05, 0.1) is 5.75 Å². The summed E-state index contributed by atoms with van der Waals surface area (Å²) in [6.45, 7) is 2.71. The smallest absolute Gasteiger partial charge is 0.230 e. The Balaban J connectivity index is 1.42. The van der Waals surface area contributed by atoms with Gasteiger partial charge in [0.25, 0.3) is 0 Å². The number of thioether (sulfide) groups is 1. The van der Waals surface area contributed by atoms with Crippen LogP contribution in [-0.2, 0) is 10.2 Å². The summed E-state index contributed by atoms with van der Waals surface area (Å²) in [7, 11) is 0. The number of nitrogens with one attached hydrogen (secondary N) is 1. The van der Waals surface area contributed by atoms with Crippen LogP contribution in [0.2, 0.25) is 0 Å². The largest absolute Gasteiger partial charge is 0.354 e. The third-order valence-electron chi connectivity index (χ3n) is 5.27. The van der Waals surface area contributed by atoms with Gasteiger partial charge in [-0.05, 0) is 30.9 Å². The van der Waals surface area contributed by atoms with E-state index in [1.807, 2.05) is 36.4 Å². The van der Waals surface area contributed by atoms with Gasteiger partial charge in [0.2, 0.25) is 5.91 Å². The molecule has 3 aromatic rings. The first-order valence-electron chi connectivity index (χ1n) is 9.57. The van der Waals surface area contributed by atoms with E-state index in [-0.39, 0.29) is 11.3 Å². The van der Waals surface area contributed by atoms with Crippen molar-refractivity contribution in [2.75, 3.05) is 12.3 Å². The minimum Gasteiger partial charge on any atom is -0.354 e. The highest BCUT2D eigenvalue weighted by atomic mass is 32.2. The lowest BCUT2D eigenvalue weighted by Gasteiger charge is -2.31. The molecule has 0 radical (unpaired) electrons. The second-order valence-corrected chi connectivity index (χ2v) is 8.32. The topological polar surface area (TPSA) is 59.8 Å². The van der Waals surface area contributed by atoms with E-state index in [1.54, 1.807) is 6.33 Å². The van der Waals surface area contributed by atoms with Gasteiger partial charge >= 0.3 is 0 Å². The van der Waals surface area contributed by atoms with Crippen LogP contribution in [0.25, 0.3) is 0 Å². The van der Waals surface area contributed by atoms with Gasteiger partial charge in [-0.15, -0.1) is 10.2 Å². The molecular weight excluding hydrogens is 368 g/mol. The zero-order chi connectivity index (χ0) is 19.4. The fourth-order valence-electron chi connectivity index (χ4n) is 3.38. The second-order valence-electron chi connectivity index (χ2n) is 7.38. The van der Waals surface area contributed by atoms with Gasteiger partial charge in [0.15, 0.2) is 5.16 Å². The predicted molar refractivity (Wildman–Crippen MR) is 111 cm³/mol. The summed E-state index contributed by atoms with van der Waals surface area (Å²) in [5.41, 5.74) is 2.07. The van der Waals surface area contributed by atoms with Gasteiger partial charge in [0, 0.05) is 18.0 Å². The maximum Gasteiger partial charge on any atom is 0.230 e. The summed E-state index contributed by atoms with van der Waals surface area (Å²) in [4.78, 5) is 12.6. The maximum atomic E-state index is 12.6. The van der Waals surface area contributed by atoms with Gasteiger partial charge in [-0.3, -0.25) is 4.79 Å². The Labute approximate surface area is 169 Å². The van der Waals surface area contributed by atoms with Crippen molar-refractivity contribution in [2.24, 2.45) is 0 Å². The summed E-state index contributed by atoms with van der Waals surface area (Å²) < 4.78 is 2.08. The molecule has 2 aromatic carbocycles. The van der Waals surface area contributed by atoms with Crippen molar-refractivity contribution < 1.29 is 4.79 Å². The van der Waals surface area contributed by atoms with Crippen LogP contribution in [0.5, 0.6) is 0 Å². The lowest BCUT2D eigenvalue weighted by molar-refractivity contribution is -0.118. The SMILES string of the molecule is CC(CNC(=O)CSc1nncn1C1CC1)(c1ccccc1)c1ccccc1. The molecule has 1 N–H and O–H groups in total. The normalized spacial score (nSPS) is 14.0. The molecule has 0 spiro atoms. The number of amides is 1. The molecule has 1 saturated carbocycles. The van der Waals surface area contributed by atoms with Crippen LogP contribution < -0.4 is 5.32 Å². The molecule has 5 nitrogen and oxygen atoms in total. The zero-order valence-corrected chi connectivity index (χ0v) is 16.7. The van der Waals surface area contributed by atoms with E-state index < -0.39 is 0 Å². The number of carbonyl (C=O) groups is 1. The molecule has 1 amide bonds. The first kappa shape index (κ1) is 18.7. The minimum absolute atomic E-state index is 0.00781. The highest BCUT2D eigenvalue weighted by Crippen LogP contribution is 2.37. The molecule has 0 saturated heterocycles. The maximum absolute atomic E-state index is 12.6. The standard InChI is InChI=1S/C22H24N4OS/c1-22(17-8-4-2-5-9-17,18-10-6-3-7-11-18)15-23-20(27)14-28-21-25-24-16-26(21)19-12-13-19/h2-11,16,19H,12-15H2,1H3,(H,23,27). The quantitative estimate of drug-likeness (QED) is 0.592. The number of rotatable bonds is 8. The molecule has 1 aliphatic rings. The van der Waals surface area contributed by atoms with Gasteiger partial charge in [-0.1, -0.05) is 72.4 Å². The van der Waals surface area contributed by atoms with Crippen molar-refractivity contribution in [1.29, 1.82) is 0 Å². The lowest BCUT2D eigenvalue weighted by atomic mass is 9.76. The predicted octanol–water partition coefficient (Wildman–Crippen LogP) is 3.83. The van der Waals surface area contributed by atoms with Crippen molar-refractivity contribution >= 4 is 17.7 Å². The highest BCUT2D eigenvalue weighted by Gasteiger charge is 2.30. The van der Waals surface area contributed by atoms with Crippen LogP contribution in [0.15, 0.2) is 72.1 Å². The van der Waals surface area contributed by atoms with Gasteiger partial charge < -0.3 is 9.88 Å². The molecule has 1 heterocycles. The molecule has 1 fully saturated rings. The molecule has 1 aromatic heterocycles. The number of benzene rings is 2. The van der Waals surface area contributed by atoms with E-state index in [1.165, 1.54) is 35.7 Å². The van der Waals surface area contributed by atoms with Crippen molar-refractivity contribution in [3.63, 3.8) is 0 Å². The summed E-state index contributed by atoms with van der Waals surface area (Å²) in [6.07, 6.45) is 4.11. The van der Waals surface area contributed by atoms with Crippen LogP contribution in [0, 0.1) is 0 Å². The van der Waals surface area contributed by atoms with Crippen LogP contribution in [-0.4, -0.2) is 33.0 Å². The molecule has 0 unspecified atom stereocenters. The summed E-state index contributed by atoms with van der Waals surface area (Å²) in [5.74, 6) is 0.346. The minimum atomic E-state index is -0.295. The summed E-state index contributed by atoms with van der Waals surface area (Å²) in [6, 6.07) is 21.2. The Hall–Kier alpha value is -2.60. The number of hydrogen-bond acceptors (Lipinski definition) is 4. The van der Waals surface area contributed by atoms with Crippen molar-refractivity contribution in [2.45, 2.75) is 36.4 Å². The zero-order valence-electron chi connectivity index (χ0n) is 15.9. The third-order valence-corrected chi connectivity index (χ3v) is 6.23. The Morgan fingerprint density at radius 2 is 1.71 bits per heavy atom. The molecule has 28 heavy (non-hydrogen) atoms. The third kappa shape index (κ3) is 4.12. The van der Waals surface area contributed by atoms with E-state index in [2.05, 4.69) is 51.3 Å². The number of hydrogen-bond donors (Lipinski definition) is 1. The van der Waals surface area contributed by atoms with Crippen LogP contribution >= 0.6 is 11.8 Å². The lowest BCUT2D eigenvalue weighted by Crippen LogP contribution is -2.40. The second kappa shape index (κ2) is 8.19. The van der Waals surface area contributed by atoms with E-state index in [9.17, 15) is 4.79 Å². The molecule has 0 aliphatic heterocycles. The van der Waals surface area contributed by atoms with E-state index in [0.29, 0.717) is 18.3 Å². The van der Waals surface area contributed by atoms with Crippen LogP contribution in [0.1, 0.15) is 36.9 Å². The van der Waals surface area contributed by atoms with Gasteiger partial charge in [0.1, 0.15) is 6.33 Å². The van der Waals surface area contributed by atoms with E-state index in [0.717, 1.165) is 5.16 Å². The van der Waals surface area contributed by atoms with E-state index >= 15 is 0 Å². The summed E-state index contributed by atoms with van der Waals surface area (Å²) in [5, 5.41) is 12.1. The Morgan fingerprint density at radius 3 is 2.29 bits per heavy atom. The number of carbonyl (C=O) groups excluding carboxylic acids is 1. The van der Waals surface area contributed by atoms with E-state index in [4.69, 9.17) is 0 Å². The molecule has 144 valence electrons.